The van der Waals surface area contributed by atoms with Crippen LogP contribution in [0, 0.1) is 5.82 Å². The van der Waals surface area contributed by atoms with Crippen molar-refractivity contribution in [3.05, 3.63) is 47.8 Å². The summed E-state index contributed by atoms with van der Waals surface area (Å²) in [5.41, 5.74) is 0.749. The molecule has 2 aromatic rings. The molecule has 1 N–H and O–H groups in total. The maximum Gasteiger partial charge on any atom is 0.130 e. The van der Waals surface area contributed by atoms with Crippen molar-refractivity contribution >= 4 is 0 Å². The van der Waals surface area contributed by atoms with Gasteiger partial charge in [0.25, 0.3) is 0 Å². The summed E-state index contributed by atoms with van der Waals surface area (Å²) in [5, 5.41) is 3.31. The van der Waals surface area contributed by atoms with E-state index in [4.69, 9.17) is 4.74 Å². The number of aromatic nitrogens is 2. The monoisotopic (exact) mass is 263 g/mol. The predicted octanol–water partition coefficient (Wildman–Crippen LogP) is 2.27. The molecule has 0 bridgehead atoms. The molecule has 0 radical (unpaired) electrons. The molecule has 0 amide bonds. The third-order valence-corrected chi connectivity index (χ3v) is 3.03. The molecule has 102 valence electrons. The molecule has 2 rings (SSSR count). The summed E-state index contributed by atoms with van der Waals surface area (Å²) < 4.78 is 20.8. The number of imidazole rings is 1. The van der Waals surface area contributed by atoms with Crippen LogP contribution in [0.3, 0.4) is 0 Å². The zero-order valence-electron chi connectivity index (χ0n) is 11.4. The Morgan fingerprint density at radius 1 is 1.47 bits per heavy atom. The van der Waals surface area contributed by atoms with Crippen LogP contribution in [0.2, 0.25) is 0 Å². The minimum absolute atomic E-state index is 0.198. The second kappa shape index (κ2) is 5.84. The van der Waals surface area contributed by atoms with Crippen LogP contribution in [0.15, 0.2) is 30.6 Å². The lowest BCUT2D eigenvalue weighted by molar-refractivity contribution is 0.400. The molecule has 1 unspecified atom stereocenters. The molecule has 0 saturated heterocycles. The molecule has 1 aromatic heterocycles. The molecule has 1 atom stereocenters. The highest BCUT2D eigenvalue weighted by Gasteiger charge is 2.21. The summed E-state index contributed by atoms with van der Waals surface area (Å²) in [4.78, 5) is 4.34. The first-order valence-corrected chi connectivity index (χ1v) is 6.21. The van der Waals surface area contributed by atoms with Gasteiger partial charge in [0.05, 0.1) is 13.2 Å². The average molecular weight is 263 g/mol. The van der Waals surface area contributed by atoms with Gasteiger partial charge in [-0.1, -0.05) is 6.92 Å². The zero-order chi connectivity index (χ0) is 13.8. The molecule has 0 aliphatic carbocycles. The van der Waals surface area contributed by atoms with Gasteiger partial charge in [0.2, 0.25) is 0 Å². The first-order chi connectivity index (χ1) is 9.17. The van der Waals surface area contributed by atoms with Crippen molar-refractivity contribution in [2.24, 2.45) is 7.05 Å². The molecule has 5 heteroatoms. The highest BCUT2D eigenvalue weighted by atomic mass is 19.1. The van der Waals surface area contributed by atoms with Crippen LogP contribution < -0.4 is 10.1 Å². The molecule has 19 heavy (non-hydrogen) atoms. The van der Waals surface area contributed by atoms with Gasteiger partial charge in [0.15, 0.2) is 0 Å². The number of nitrogens with zero attached hydrogens (tertiary/aromatic N) is 2. The van der Waals surface area contributed by atoms with E-state index < -0.39 is 0 Å². The van der Waals surface area contributed by atoms with E-state index in [1.54, 1.807) is 19.4 Å². The number of hydrogen-bond donors (Lipinski definition) is 1. The van der Waals surface area contributed by atoms with Crippen LogP contribution in [-0.4, -0.2) is 23.2 Å². The van der Waals surface area contributed by atoms with Gasteiger partial charge in [-0.3, -0.25) is 0 Å². The normalized spacial score (nSPS) is 12.4. The topological polar surface area (TPSA) is 39.1 Å². The number of aryl methyl sites for hydroxylation is 1. The summed E-state index contributed by atoms with van der Waals surface area (Å²) in [6.07, 6.45) is 3.59. The highest BCUT2D eigenvalue weighted by Crippen LogP contribution is 2.29. The minimum Gasteiger partial charge on any atom is -0.496 e. The number of methoxy groups -OCH3 is 1. The molecule has 0 aliphatic heterocycles. The van der Waals surface area contributed by atoms with Gasteiger partial charge in [0, 0.05) is 25.0 Å². The van der Waals surface area contributed by atoms with Crippen LogP contribution in [0.25, 0.3) is 0 Å². The Bertz CT molecular complexity index is 553. The van der Waals surface area contributed by atoms with E-state index in [2.05, 4.69) is 10.3 Å². The number of halogens is 1. The number of benzene rings is 1. The van der Waals surface area contributed by atoms with Crippen molar-refractivity contribution in [1.29, 1.82) is 0 Å². The molecule has 0 spiro atoms. The number of rotatable bonds is 5. The van der Waals surface area contributed by atoms with Gasteiger partial charge >= 0.3 is 0 Å². The van der Waals surface area contributed by atoms with E-state index in [9.17, 15) is 4.39 Å². The highest BCUT2D eigenvalue weighted by molar-refractivity contribution is 5.39. The van der Waals surface area contributed by atoms with Crippen LogP contribution in [0.1, 0.15) is 24.4 Å². The lowest BCUT2D eigenvalue weighted by Crippen LogP contribution is -2.25. The fourth-order valence-corrected chi connectivity index (χ4v) is 2.13. The lowest BCUT2D eigenvalue weighted by atomic mass is 10.0. The van der Waals surface area contributed by atoms with Gasteiger partial charge in [-0.15, -0.1) is 0 Å². The molecule has 4 nitrogen and oxygen atoms in total. The average Bonchev–Trinajstić information content (AvgIpc) is 2.82. The second-order valence-electron chi connectivity index (χ2n) is 4.27. The molecule has 1 aromatic carbocycles. The third kappa shape index (κ3) is 2.76. The standard InChI is InChI=1S/C14H18FN3O/c1-4-16-13(14-17-7-8-18(14)2)11-9-10(15)5-6-12(11)19-3/h5-9,13,16H,4H2,1-3H3. The van der Waals surface area contributed by atoms with Gasteiger partial charge < -0.3 is 14.6 Å². The van der Waals surface area contributed by atoms with E-state index in [0.29, 0.717) is 5.75 Å². The van der Waals surface area contributed by atoms with Gasteiger partial charge in [0.1, 0.15) is 17.4 Å². The van der Waals surface area contributed by atoms with Crippen LogP contribution in [0.5, 0.6) is 5.75 Å². The fraction of sp³-hybridized carbons (Fsp3) is 0.357. The second-order valence-corrected chi connectivity index (χ2v) is 4.27. The molecule has 0 aliphatic rings. The molecular weight excluding hydrogens is 245 g/mol. The quantitative estimate of drug-likeness (QED) is 0.899. The first-order valence-electron chi connectivity index (χ1n) is 6.21. The summed E-state index contributed by atoms with van der Waals surface area (Å²) >= 11 is 0. The Kier molecular flexibility index (Phi) is 4.16. The molecular formula is C14H18FN3O. The van der Waals surface area contributed by atoms with Crippen LogP contribution in [-0.2, 0) is 7.05 Å². The molecule has 1 heterocycles. The summed E-state index contributed by atoms with van der Waals surface area (Å²) in [6.45, 7) is 2.75. The van der Waals surface area contributed by atoms with E-state index in [1.807, 2.05) is 24.7 Å². The van der Waals surface area contributed by atoms with Gasteiger partial charge in [-0.2, -0.15) is 0 Å². The Labute approximate surface area is 112 Å². The lowest BCUT2D eigenvalue weighted by Gasteiger charge is -2.20. The first kappa shape index (κ1) is 13.5. The Balaban J connectivity index is 2.50. The predicted molar refractivity (Wildman–Crippen MR) is 71.7 cm³/mol. The summed E-state index contributed by atoms with van der Waals surface area (Å²) in [5.74, 6) is 1.19. The minimum atomic E-state index is -0.284. The van der Waals surface area contributed by atoms with E-state index in [0.717, 1.165) is 17.9 Å². The largest absolute Gasteiger partial charge is 0.496 e. The number of nitrogens with one attached hydrogen (secondary N) is 1. The Morgan fingerprint density at radius 2 is 2.26 bits per heavy atom. The van der Waals surface area contributed by atoms with Crippen LogP contribution >= 0.6 is 0 Å². The van der Waals surface area contributed by atoms with Gasteiger partial charge in [-0.05, 0) is 24.7 Å². The van der Waals surface area contributed by atoms with Crippen molar-refractivity contribution in [3.63, 3.8) is 0 Å². The number of hydrogen-bond acceptors (Lipinski definition) is 3. The SMILES string of the molecule is CCNC(c1cc(F)ccc1OC)c1nccn1C. The smallest absolute Gasteiger partial charge is 0.130 e. The Morgan fingerprint density at radius 3 is 2.84 bits per heavy atom. The zero-order valence-corrected chi connectivity index (χ0v) is 11.4. The van der Waals surface area contributed by atoms with Crippen molar-refractivity contribution in [2.75, 3.05) is 13.7 Å². The fourth-order valence-electron chi connectivity index (χ4n) is 2.13. The maximum atomic E-state index is 13.5. The van der Waals surface area contributed by atoms with Crippen molar-refractivity contribution < 1.29 is 9.13 Å². The molecule has 0 fully saturated rings. The number of ether oxygens (including phenoxy) is 1. The van der Waals surface area contributed by atoms with Crippen LogP contribution in [0.4, 0.5) is 4.39 Å². The Hall–Kier alpha value is -1.88. The van der Waals surface area contributed by atoms with E-state index in [1.165, 1.54) is 12.1 Å². The van der Waals surface area contributed by atoms with E-state index >= 15 is 0 Å². The summed E-state index contributed by atoms with van der Waals surface area (Å²) in [6, 6.07) is 4.32. The van der Waals surface area contributed by atoms with Crippen molar-refractivity contribution in [1.82, 2.24) is 14.9 Å². The van der Waals surface area contributed by atoms with E-state index in [-0.39, 0.29) is 11.9 Å². The van der Waals surface area contributed by atoms with Crippen molar-refractivity contribution in [3.8, 4) is 5.75 Å². The van der Waals surface area contributed by atoms with Crippen molar-refractivity contribution in [2.45, 2.75) is 13.0 Å². The molecule has 0 saturated carbocycles. The van der Waals surface area contributed by atoms with Gasteiger partial charge in [-0.25, -0.2) is 9.37 Å². The third-order valence-electron chi connectivity index (χ3n) is 3.03. The summed E-state index contributed by atoms with van der Waals surface area (Å²) in [7, 11) is 3.50. The maximum absolute atomic E-state index is 13.5.